The van der Waals surface area contributed by atoms with Crippen molar-refractivity contribution < 1.29 is 0 Å². The molecule has 3 N–H and O–H groups in total. The van der Waals surface area contributed by atoms with Crippen LogP contribution >= 0.6 is 11.3 Å². The van der Waals surface area contributed by atoms with Crippen LogP contribution in [0.5, 0.6) is 0 Å². The lowest BCUT2D eigenvalue weighted by molar-refractivity contribution is 0.797. The van der Waals surface area contributed by atoms with Gasteiger partial charge < -0.3 is 10.3 Å². The van der Waals surface area contributed by atoms with E-state index in [0.717, 1.165) is 33.6 Å². The van der Waals surface area contributed by atoms with Crippen molar-refractivity contribution in [1.82, 2.24) is 29.7 Å². The minimum atomic E-state index is 0.602. The highest BCUT2D eigenvalue weighted by Gasteiger charge is 2.15. The third-order valence-electron chi connectivity index (χ3n) is 3.18. The molecule has 0 unspecified atom stereocenters. The highest BCUT2D eigenvalue weighted by atomic mass is 32.1. The summed E-state index contributed by atoms with van der Waals surface area (Å²) >= 11 is 1.60. The Morgan fingerprint density at radius 3 is 2.95 bits per heavy atom. The predicted molar refractivity (Wildman–Crippen MR) is 81.0 cm³/mol. The van der Waals surface area contributed by atoms with Gasteiger partial charge in [-0.2, -0.15) is 5.10 Å². The Kier molecular flexibility index (Phi) is 3.80. The van der Waals surface area contributed by atoms with Gasteiger partial charge in [0, 0.05) is 25.9 Å². The standard InChI is InChI=1S/C13H17N7S/c1-8-12(21-11(16-8)3-4-14)13-17-9(18-19-13)7-10-15-5-6-20(10)2/h5-6H,3-4,7,14H2,1-2H3,(H,17,18,19). The molecular weight excluding hydrogens is 286 g/mol. The van der Waals surface area contributed by atoms with E-state index in [1.54, 1.807) is 17.5 Å². The molecule has 0 aliphatic carbocycles. The Labute approximate surface area is 126 Å². The summed E-state index contributed by atoms with van der Waals surface area (Å²) in [4.78, 5) is 14.3. The van der Waals surface area contributed by atoms with Gasteiger partial charge >= 0.3 is 0 Å². The van der Waals surface area contributed by atoms with Crippen LogP contribution in [0.25, 0.3) is 10.7 Å². The van der Waals surface area contributed by atoms with E-state index in [4.69, 9.17) is 5.73 Å². The average molecular weight is 303 g/mol. The van der Waals surface area contributed by atoms with Crippen molar-refractivity contribution in [2.45, 2.75) is 19.8 Å². The lowest BCUT2D eigenvalue weighted by Gasteiger charge is -1.97. The first-order chi connectivity index (χ1) is 10.2. The van der Waals surface area contributed by atoms with Gasteiger partial charge in [0.05, 0.1) is 22.0 Å². The second-order valence-electron chi connectivity index (χ2n) is 4.80. The average Bonchev–Trinajstić information content (AvgIpc) is 3.14. The third kappa shape index (κ3) is 2.86. The molecule has 21 heavy (non-hydrogen) atoms. The topological polar surface area (TPSA) is 98.3 Å². The van der Waals surface area contributed by atoms with Crippen LogP contribution in [-0.4, -0.2) is 36.3 Å². The van der Waals surface area contributed by atoms with E-state index in [9.17, 15) is 0 Å². The molecule has 0 aromatic carbocycles. The molecule has 0 aliphatic heterocycles. The summed E-state index contributed by atoms with van der Waals surface area (Å²) in [5.41, 5.74) is 6.52. The molecule has 3 aromatic rings. The fourth-order valence-corrected chi connectivity index (χ4v) is 3.10. The molecule has 0 atom stereocenters. The quantitative estimate of drug-likeness (QED) is 0.734. The number of nitrogens with two attached hydrogens (primary N) is 1. The van der Waals surface area contributed by atoms with Crippen LogP contribution in [0.2, 0.25) is 0 Å². The number of aromatic amines is 1. The lowest BCUT2D eigenvalue weighted by atomic mass is 10.3. The fourth-order valence-electron chi connectivity index (χ4n) is 2.08. The Morgan fingerprint density at radius 2 is 2.24 bits per heavy atom. The zero-order chi connectivity index (χ0) is 14.8. The molecule has 0 aliphatic rings. The van der Waals surface area contributed by atoms with Gasteiger partial charge in [0.2, 0.25) is 0 Å². The number of aryl methyl sites for hydroxylation is 2. The van der Waals surface area contributed by atoms with E-state index in [1.165, 1.54) is 0 Å². The van der Waals surface area contributed by atoms with E-state index in [2.05, 4.69) is 25.1 Å². The SMILES string of the molecule is Cc1nc(CCN)sc1-c1n[nH]c(Cc2nccn2C)n1. The smallest absolute Gasteiger partial charge is 0.193 e. The molecule has 3 heterocycles. The van der Waals surface area contributed by atoms with Crippen molar-refractivity contribution in [2.24, 2.45) is 12.8 Å². The minimum Gasteiger partial charge on any atom is -0.338 e. The summed E-state index contributed by atoms with van der Waals surface area (Å²) in [5.74, 6) is 2.44. The maximum Gasteiger partial charge on any atom is 0.193 e. The van der Waals surface area contributed by atoms with Crippen LogP contribution in [0, 0.1) is 6.92 Å². The highest BCUT2D eigenvalue weighted by molar-refractivity contribution is 7.15. The summed E-state index contributed by atoms with van der Waals surface area (Å²) in [6.45, 7) is 2.57. The lowest BCUT2D eigenvalue weighted by Crippen LogP contribution is -2.01. The fraction of sp³-hybridized carbons (Fsp3) is 0.385. The molecule has 110 valence electrons. The van der Waals surface area contributed by atoms with Crippen LogP contribution in [0.15, 0.2) is 12.4 Å². The van der Waals surface area contributed by atoms with Crippen LogP contribution in [0.1, 0.15) is 22.4 Å². The summed E-state index contributed by atoms with van der Waals surface area (Å²) in [7, 11) is 1.96. The molecule has 7 nitrogen and oxygen atoms in total. The zero-order valence-corrected chi connectivity index (χ0v) is 12.8. The minimum absolute atomic E-state index is 0.602. The Hall–Kier alpha value is -2.06. The Morgan fingerprint density at radius 1 is 1.38 bits per heavy atom. The summed E-state index contributed by atoms with van der Waals surface area (Å²) in [5, 5.41) is 8.30. The van der Waals surface area contributed by atoms with Gasteiger partial charge in [0.15, 0.2) is 5.82 Å². The van der Waals surface area contributed by atoms with E-state index in [1.807, 2.05) is 24.7 Å². The van der Waals surface area contributed by atoms with Gasteiger partial charge in [-0.15, -0.1) is 11.3 Å². The van der Waals surface area contributed by atoms with Crippen LogP contribution < -0.4 is 5.73 Å². The Balaban J connectivity index is 1.83. The molecule has 0 radical (unpaired) electrons. The molecule has 0 bridgehead atoms. The number of nitrogens with one attached hydrogen (secondary N) is 1. The largest absolute Gasteiger partial charge is 0.338 e. The van der Waals surface area contributed by atoms with Crippen LogP contribution in [0.3, 0.4) is 0 Å². The maximum absolute atomic E-state index is 5.57. The first kappa shape index (κ1) is 13.9. The highest BCUT2D eigenvalue weighted by Crippen LogP contribution is 2.27. The van der Waals surface area contributed by atoms with Crippen molar-refractivity contribution in [3.05, 3.63) is 34.7 Å². The number of hydrogen-bond acceptors (Lipinski definition) is 6. The van der Waals surface area contributed by atoms with E-state index in [-0.39, 0.29) is 0 Å². The summed E-state index contributed by atoms with van der Waals surface area (Å²) < 4.78 is 1.97. The predicted octanol–water partition coefficient (Wildman–Crippen LogP) is 1.06. The molecule has 8 heteroatoms. The number of thiazole rings is 1. The van der Waals surface area contributed by atoms with E-state index < -0.39 is 0 Å². The zero-order valence-electron chi connectivity index (χ0n) is 12.0. The molecule has 0 saturated heterocycles. The molecule has 3 rings (SSSR count). The van der Waals surface area contributed by atoms with Crippen molar-refractivity contribution in [3.63, 3.8) is 0 Å². The number of aromatic nitrogens is 6. The van der Waals surface area contributed by atoms with Crippen molar-refractivity contribution >= 4 is 11.3 Å². The van der Waals surface area contributed by atoms with E-state index >= 15 is 0 Å². The van der Waals surface area contributed by atoms with Gasteiger partial charge in [0.1, 0.15) is 11.6 Å². The number of H-pyrrole nitrogens is 1. The van der Waals surface area contributed by atoms with Gasteiger partial charge in [0.25, 0.3) is 0 Å². The molecule has 0 saturated carbocycles. The second-order valence-corrected chi connectivity index (χ2v) is 5.88. The molecule has 0 spiro atoms. The Bertz CT molecular complexity index is 739. The van der Waals surface area contributed by atoms with Crippen molar-refractivity contribution in [1.29, 1.82) is 0 Å². The molecular formula is C13H17N7S. The van der Waals surface area contributed by atoms with Crippen molar-refractivity contribution in [3.8, 4) is 10.7 Å². The summed E-state index contributed by atoms with van der Waals surface area (Å²) in [6.07, 6.45) is 5.11. The summed E-state index contributed by atoms with van der Waals surface area (Å²) in [6, 6.07) is 0. The maximum atomic E-state index is 5.57. The number of nitrogens with zero attached hydrogens (tertiary/aromatic N) is 5. The molecule has 3 aromatic heterocycles. The third-order valence-corrected chi connectivity index (χ3v) is 4.39. The molecule has 0 fully saturated rings. The number of imidazole rings is 1. The first-order valence-corrected chi connectivity index (χ1v) is 7.53. The number of hydrogen-bond donors (Lipinski definition) is 2. The second kappa shape index (κ2) is 5.74. The van der Waals surface area contributed by atoms with E-state index in [0.29, 0.717) is 18.8 Å². The normalized spacial score (nSPS) is 11.2. The van der Waals surface area contributed by atoms with Gasteiger partial charge in [-0.3, -0.25) is 5.10 Å². The van der Waals surface area contributed by atoms with Crippen LogP contribution in [0.4, 0.5) is 0 Å². The molecule has 0 amide bonds. The van der Waals surface area contributed by atoms with Crippen molar-refractivity contribution in [2.75, 3.05) is 6.54 Å². The number of rotatable bonds is 5. The monoisotopic (exact) mass is 303 g/mol. The first-order valence-electron chi connectivity index (χ1n) is 6.71. The van der Waals surface area contributed by atoms with Crippen LogP contribution in [-0.2, 0) is 19.9 Å². The van der Waals surface area contributed by atoms with Gasteiger partial charge in [-0.25, -0.2) is 15.0 Å². The van der Waals surface area contributed by atoms with Gasteiger partial charge in [-0.05, 0) is 13.5 Å². The van der Waals surface area contributed by atoms with Gasteiger partial charge in [-0.1, -0.05) is 0 Å².